The molecule has 1 N–H and O–H groups in total. The van der Waals surface area contributed by atoms with E-state index in [1.54, 1.807) is 0 Å². The highest BCUT2D eigenvalue weighted by molar-refractivity contribution is 5.94. The number of methoxy groups -OCH3 is 2. The van der Waals surface area contributed by atoms with Crippen LogP contribution in [0, 0.1) is 0 Å². The van der Waals surface area contributed by atoms with Crippen LogP contribution in [0.4, 0.5) is 0 Å². The molecule has 0 amide bonds. The molecule has 7 nitrogen and oxygen atoms in total. The van der Waals surface area contributed by atoms with Crippen LogP contribution in [0.15, 0.2) is 12.3 Å². The highest BCUT2D eigenvalue weighted by Crippen LogP contribution is 2.21. The summed E-state index contributed by atoms with van der Waals surface area (Å²) in [5.41, 5.74) is 0.181. The molecule has 2 aromatic rings. The van der Waals surface area contributed by atoms with Crippen molar-refractivity contribution in [1.82, 2.24) is 14.6 Å². The van der Waals surface area contributed by atoms with Gasteiger partial charge in [0, 0.05) is 0 Å². The fourth-order valence-electron chi connectivity index (χ4n) is 1.32. The lowest BCUT2D eigenvalue weighted by atomic mass is 10.3. The summed E-state index contributed by atoms with van der Waals surface area (Å²) < 4.78 is 11.3. The number of fused-ring (bicyclic) bond motifs is 1. The SMILES string of the molecule is COc1cc(OC)n2ncc(C(=O)O)c2n1. The highest BCUT2D eigenvalue weighted by atomic mass is 16.5. The Morgan fingerprint density at radius 3 is 2.75 bits per heavy atom. The summed E-state index contributed by atoms with van der Waals surface area (Å²) in [6, 6.07) is 1.52. The van der Waals surface area contributed by atoms with E-state index in [0.29, 0.717) is 5.88 Å². The third-order valence-corrected chi connectivity index (χ3v) is 2.06. The van der Waals surface area contributed by atoms with Gasteiger partial charge < -0.3 is 14.6 Å². The van der Waals surface area contributed by atoms with E-state index >= 15 is 0 Å². The number of nitrogens with zero attached hydrogens (tertiary/aromatic N) is 3. The van der Waals surface area contributed by atoms with Crippen molar-refractivity contribution in [3.63, 3.8) is 0 Å². The second kappa shape index (κ2) is 3.69. The number of aromatic carboxylic acids is 1. The van der Waals surface area contributed by atoms with E-state index < -0.39 is 5.97 Å². The highest BCUT2D eigenvalue weighted by Gasteiger charge is 2.16. The average molecular weight is 223 g/mol. The average Bonchev–Trinajstić information content (AvgIpc) is 2.71. The standard InChI is InChI=1S/C9H9N3O4/c1-15-6-3-7(16-2)12-8(11-6)5(4-10-12)9(13)14/h3-4H,1-2H3,(H,13,14). The number of ether oxygens (including phenoxy) is 2. The van der Waals surface area contributed by atoms with Gasteiger partial charge in [-0.3, -0.25) is 0 Å². The van der Waals surface area contributed by atoms with E-state index in [4.69, 9.17) is 14.6 Å². The zero-order chi connectivity index (χ0) is 11.7. The van der Waals surface area contributed by atoms with Crippen molar-refractivity contribution in [2.75, 3.05) is 14.2 Å². The van der Waals surface area contributed by atoms with Crippen LogP contribution >= 0.6 is 0 Å². The quantitative estimate of drug-likeness (QED) is 0.812. The summed E-state index contributed by atoms with van der Waals surface area (Å²) in [5, 5.41) is 12.8. The smallest absolute Gasteiger partial charge is 0.341 e. The van der Waals surface area contributed by atoms with Crippen LogP contribution in [0.3, 0.4) is 0 Å². The molecule has 2 heterocycles. The van der Waals surface area contributed by atoms with Gasteiger partial charge >= 0.3 is 5.97 Å². The Labute approximate surface area is 90.2 Å². The lowest BCUT2D eigenvalue weighted by molar-refractivity contribution is 0.0699. The molecule has 7 heteroatoms. The molecule has 0 aromatic carbocycles. The molecule has 0 spiro atoms. The molecule has 0 saturated heterocycles. The van der Waals surface area contributed by atoms with Crippen molar-refractivity contribution >= 4 is 11.6 Å². The van der Waals surface area contributed by atoms with Crippen LogP contribution in [0.1, 0.15) is 10.4 Å². The lowest BCUT2D eigenvalue weighted by Crippen LogP contribution is -2.02. The lowest BCUT2D eigenvalue weighted by Gasteiger charge is -2.05. The zero-order valence-corrected chi connectivity index (χ0v) is 8.67. The van der Waals surface area contributed by atoms with Crippen LogP contribution < -0.4 is 9.47 Å². The monoisotopic (exact) mass is 223 g/mol. The van der Waals surface area contributed by atoms with Crippen LogP contribution in [0.25, 0.3) is 5.65 Å². The minimum absolute atomic E-state index is 0.00259. The van der Waals surface area contributed by atoms with Gasteiger partial charge in [0.15, 0.2) is 5.65 Å². The number of hydrogen-bond acceptors (Lipinski definition) is 5. The predicted octanol–water partition coefficient (Wildman–Crippen LogP) is 0.445. The summed E-state index contributed by atoms with van der Waals surface area (Å²) in [5.74, 6) is -0.473. The first-order chi connectivity index (χ1) is 7.67. The molecule has 2 aromatic heterocycles. The Morgan fingerprint density at radius 1 is 1.44 bits per heavy atom. The Bertz CT molecular complexity index is 549. The van der Waals surface area contributed by atoms with Crippen LogP contribution in [0.5, 0.6) is 11.8 Å². The van der Waals surface area contributed by atoms with Crippen molar-refractivity contribution in [3.8, 4) is 11.8 Å². The second-order valence-electron chi connectivity index (χ2n) is 2.94. The second-order valence-corrected chi connectivity index (χ2v) is 2.94. The number of carboxylic acids is 1. The molecule has 0 radical (unpaired) electrons. The maximum Gasteiger partial charge on any atom is 0.341 e. The van der Waals surface area contributed by atoms with Gasteiger partial charge in [0.05, 0.1) is 26.5 Å². The molecule has 0 aliphatic carbocycles. The van der Waals surface area contributed by atoms with Crippen molar-refractivity contribution in [1.29, 1.82) is 0 Å². The number of aromatic nitrogens is 3. The molecule has 16 heavy (non-hydrogen) atoms. The van der Waals surface area contributed by atoms with Gasteiger partial charge in [-0.25, -0.2) is 4.79 Å². The summed E-state index contributed by atoms with van der Waals surface area (Å²) >= 11 is 0. The Hall–Kier alpha value is -2.31. The van der Waals surface area contributed by atoms with Gasteiger partial charge in [-0.1, -0.05) is 0 Å². The Kier molecular flexibility index (Phi) is 2.35. The third-order valence-electron chi connectivity index (χ3n) is 2.06. The minimum Gasteiger partial charge on any atom is -0.481 e. The zero-order valence-electron chi connectivity index (χ0n) is 8.67. The maximum absolute atomic E-state index is 10.9. The van der Waals surface area contributed by atoms with Crippen molar-refractivity contribution in [2.45, 2.75) is 0 Å². The first kappa shape index (κ1) is 10.2. The molecule has 2 rings (SSSR count). The third kappa shape index (κ3) is 1.42. The van der Waals surface area contributed by atoms with Gasteiger partial charge in [0.25, 0.3) is 0 Å². The maximum atomic E-state index is 10.9. The molecule has 0 saturated carbocycles. The Morgan fingerprint density at radius 2 is 2.19 bits per heavy atom. The van der Waals surface area contributed by atoms with Crippen LogP contribution in [-0.4, -0.2) is 39.9 Å². The first-order valence-electron chi connectivity index (χ1n) is 4.37. The molecular formula is C9H9N3O4. The molecule has 0 aliphatic rings. The van der Waals surface area contributed by atoms with E-state index in [2.05, 4.69) is 10.1 Å². The normalized spacial score (nSPS) is 10.4. The predicted molar refractivity (Wildman–Crippen MR) is 53.1 cm³/mol. The first-order valence-corrected chi connectivity index (χ1v) is 4.37. The van der Waals surface area contributed by atoms with Crippen molar-refractivity contribution in [2.24, 2.45) is 0 Å². The summed E-state index contributed by atoms with van der Waals surface area (Å²) in [7, 11) is 2.89. The van der Waals surface area contributed by atoms with Gasteiger partial charge in [-0.15, -0.1) is 0 Å². The van der Waals surface area contributed by atoms with Crippen molar-refractivity contribution in [3.05, 3.63) is 17.8 Å². The molecule has 0 fully saturated rings. The number of rotatable bonds is 3. The topological polar surface area (TPSA) is 86.0 Å². The summed E-state index contributed by atoms with van der Waals surface area (Å²) in [4.78, 5) is 14.9. The number of carbonyl (C=O) groups is 1. The van der Waals surface area contributed by atoms with Crippen LogP contribution in [0.2, 0.25) is 0 Å². The number of carboxylic acid groups (broad SMARTS) is 1. The van der Waals surface area contributed by atoms with Crippen molar-refractivity contribution < 1.29 is 19.4 Å². The number of hydrogen-bond donors (Lipinski definition) is 1. The Balaban J connectivity index is 2.76. The minimum atomic E-state index is -1.10. The molecule has 0 unspecified atom stereocenters. The fraction of sp³-hybridized carbons (Fsp3) is 0.222. The molecule has 0 atom stereocenters. The van der Waals surface area contributed by atoms with Gasteiger partial charge in [-0.2, -0.15) is 14.6 Å². The fourth-order valence-corrected chi connectivity index (χ4v) is 1.32. The van der Waals surface area contributed by atoms with E-state index in [-0.39, 0.29) is 17.1 Å². The van der Waals surface area contributed by atoms with E-state index in [9.17, 15) is 4.79 Å². The van der Waals surface area contributed by atoms with E-state index in [1.165, 1.54) is 31.0 Å². The molecule has 84 valence electrons. The van der Waals surface area contributed by atoms with Gasteiger partial charge in [-0.05, 0) is 0 Å². The molecule has 0 aliphatic heterocycles. The van der Waals surface area contributed by atoms with Gasteiger partial charge in [0.1, 0.15) is 5.56 Å². The molecular weight excluding hydrogens is 214 g/mol. The van der Waals surface area contributed by atoms with Gasteiger partial charge in [0.2, 0.25) is 11.8 Å². The molecule has 0 bridgehead atoms. The summed E-state index contributed by atoms with van der Waals surface area (Å²) in [6.07, 6.45) is 1.21. The largest absolute Gasteiger partial charge is 0.481 e. The van der Waals surface area contributed by atoms with Crippen LogP contribution in [-0.2, 0) is 0 Å². The van der Waals surface area contributed by atoms with E-state index in [0.717, 1.165) is 0 Å². The summed E-state index contributed by atoms with van der Waals surface area (Å²) in [6.45, 7) is 0. The van der Waals surface area contributed by atoms with E-state index in [1.807, 2.05) is 0 Å².